The minimum absolute atomic E-state index is 0.359. The molecule has 0 saturated heterocycles. The highest BCUT2D eigenvalue weighted by Gasteiger charge is 2.02. The van der Waals surface area contributed by atoms with Gasteiger partial charge >= 0.3 is 0 Å². The van der Waals surface area contributed by atoms with Crippen LogP contribution in [0.3, 0.4) is 0 Å². The minimum Gasteiger partial charge on any atom is -0.502 e. The molecule has 88 valence electrons. The molecule has 0 radical (unpaired) electrons. The molecule has 1 aromatic heterocycles. The van der Waals surface area contributed by atoms with E-state index in [2.05, 4.69) is 15.9 Å². The molecule has 0 fully saturated rings. The van der Waals surface area contributed by atoms with Crippen LogP contribution in [0.5, 0.6) is 5.75 Å². The largest absolute Gasteiger partial charge is 0.502 e. The van der Waals surface area contributed by atoms with Crippen LogP contribution < -0.4 is 5.43 Å². The summed E-state index contributed by atoms with van der Waals surface area (Å²) in [6, 6.07) is 9.17. The van der Waals surface area contributed by atoms with Crippen molar-refractivity contribution in [3.8, 4) is 5.75 Å². The lowest BCUT2D eigenvalue weighted by Gasteiger charge is -2.01. The smallest absolute Gasteiger partial charge is 0.226 e. The molecule has 0 amide bonds. The Morgan fingerprint density at radius 1 is 1.29 bits per heavy atom. The third-order valence-electron chi connectivity index (χ3n) is 2.06. The van der Waals surface area contributed by atoms with E-state index in [1.54, 1.807) is 11.8 Å². The van der Waals surface area contributed by atoms with E-state index < -0.39 is 5.43 Å². The molecule has 1 N–H and O–H groups in total. The molecule has 2 rings (SSSR count). The lowest BCUT2D eigenvalue weighted by atomic mass is 10.4. The zero-order valence-corrected chi connectivity index (χ0v) is 11.1. The maximum absolute atomic E-state index is 11.2. The van der Waals surface area contributed by atoms with Gasteiger partial charge in [-0.1, -0.05) is 15.9 Å². The summed E-state index contributed by atoms with van der Waals surface area (Å²) in [5.41, 5.74) is -0.414. The van der Waals surface area contributed by atoms with Crippen LogP contribution in [0.25, 0.3) is 0 Å². The third-order valence-corrected chi connectivity index (χ3v) is 3.62. The summed E-state index contributed by atoms with van der Waals surface area (Å²) in [6.45, 7) is 0. The molecular formula is C12H9BrO3S. The highest BCUT2D eigenvalue weighted by molar-refractivity contribution is 9.10. The Hall–Kier alpha value is -1.20. The number of hydrogen-bond acceptors (Lipinski definition) is 4. The topological polar surface area (TPSA) is 50.4 Å². The van der Waals surface area contributed by atoms with Crippen LogP contribution in [0.1, 0.15) is 5.76 Å². The molecule has 0 atom stereocenters. The molecule has 2 aromatic rings. The molecule has 5 heteroatoms. The quantitative estimate of drug-likeness (QED) is 0.882. The molecule has 0 unspecified atom stereocenters. The molecule has 0 bridgehead atoms. The average Bonchev–Trinajstić information content (AvgIpc) is 2.33. The molecule has 17 heavy (non-hydrogen) atoms. The summed E-state index contributed by atoms with van der Waals surface area (Å²) in [4.78, 5) is 12.3. The van der Waals surface area contributed by atoms with Gasteiger partial charge in [-0.3, -0.25) is 4.79 Å². The molecule has 0 saturated carbocycles. The average molecular weight is 313 g/mol. The van der Waals surface area contributed by atoms with Crippen LogP contribution in [-0.2, 0) is 5.75 Å². The molecule has 0 spiro atoms. The summed E-state index contributed by atoms with van der Waals surface area (Å²) in [7, 11) is 0. The Morgan fingerprint density at radius 2 is 2.00 bits per heavy atom. The van der Waals surface area contributed by atoms with E-state index in [4.69, 9.17) is 9.52 Å². The standard InChI is InChI=1S/C12H9BrO3S/c13-8-1-3-10(4-2-8)17-7-9-5-11(14)12(15)6-16-9/h1-6,15H,7H2. The van der Waals surface area contributed by atoms with Crippen molar-refractivity contribution in [1.82, 2.24) is 0 Å². The van der Waals surface area contributed by atoms with Gasteiger partial charge in [0.1, 0.15) is 12.0 Å². The van der Waals surface area contributed by atoms with Crippen LogP contribution >= 0.6 is 27.7 Å². The summed E-state index contributed by atoms with van der Waals surface area (Å²) >= 11 is 4.92. The molecular weight excluding hydrogens is 304 g/mol. The fraction of sp³-hybridized carbons (Fsp3) is 0.0833. The van der Waals surface area contributed by atoms with E-state index in [0.29, 0.717) is 11.5 Å². The molecule has 0 aliphatic carbocycles. The van der Waals surface area contributed by atoms with Crippen molar-refractivity contribution >= 4 is 27.7 Å². The van der Waals surface area contributed by atoms with Crippen molar-refractivity contribution in [2.75, 3.05) is 0 Å². The monoisotopic (exact) mass is 312 g/mol. The number of benzene rings is 1. The van der Waals surface area contributed by atoms with Gasteiger partial charge in [-0.15, -0.1) is 11.8 Å². The van der Waals surface area contributed by atoms with Gasteiger partial charge in [-0.2, -0.15) is 0 Å². The Balaban J connectivity index is 2.04. The van der Waals surface area contributed by atoms with Gasteiger partial charge in [0.2, 0.25) is 5.43 Å². The number of halogens is 1. The van der Waals surface area contributed by atoms with E-state index in [-0.39, 0.29) is 5.75 Å². The Morgan fingerprint density at radius 3 is 2.65 bits per heavy atom. The summed E-state index contributed by atoms with van der Waals surface area (Å²) in [5, 5.41) is 9.04. The highest BCUT2D eigenvalue weighted by atomic mass is 79.9. The van der Waals surface area contributed by atoms with Gasteiger partial charge in [-0.25, -0.2) is 0 Å². The van der Waals surface area contributed by atoms with E-state index in [1.165, 1.54) is 6.07 Å². The minimum atomic E-state index is -0.414. The Kier molecular flexibility index (Phi) is 3.91. The summed E-state index contributed by atoms with van der Waals surface area (Å²) in [5.74, 6) is 0.736. The van der Waals surface area contributed by atoms with E-state index in [9.17, 15) is 4.79 Å². The van der Waals surface area contributed by atoms with Gasteiger partial charge in [0.25, 0.3) is 0 Å². The summed E-state index contributed by atoms with van der Waals surface area (Å²) in [6.07, 6.45) is 1.07. The van der Waals surface area contributed by atoms with E-state index >= 15 is 0 Å². The van der Waals surface area contributed by atoms with Crippen molar-refractivity contribution in [3.63, 3.8) is 0 Å². The van der Waals surface area contributed by atoms with Crippen LogP contribution in [0.4, 0.5) is 0 Å². The van der Waals surface area contributed by atoms with E-state index in [0.717, 1.165) is 15.6 Å². The van der Waals surface area contributed by atoms with Crippen LogP contribution in [0.2, 0.25) is 0 Å². The van der Waals surface area contributed by atoms with Crippen LogP contribution in [0, 0.1) is 0 Å². The molecule has 1 heterocycles. The lowest BCUT2D eigenvalue weighted by molar-refractivity contribution is 0.419. The maximum Gasteiger partial charge on any atom is 0.226 e. The molecule has 0 aliphatic heterocycles. The van der Waals surface area contributed by atoms with Crippen LogP contribution in [-0.4, -0.2) is 5.11 Å². The maximum atomic E-state index is 11.2. The predicted molar refractivity (Wildman–Crippen MR) is 70.3 cm³/mol. The van der Waals surface area contributed by atoms with Gasteiger partial charge in [0.05, 0.1) is 5.75 Å². The lowest BCUT2D eigenvalue weighted by Crippen LogP contribution is -1.98. The normalized spacial score (nSPS) is 10.4. The van der Waals surface area contributed by atoms with Gasteiger partial charge < -0.3 is 9.52 Å². The van der Waals surface area contributed by atoms with Crippen molar-refractivity contribution in [2.45, 2.75) is 10.6 Å². The molecule has 1 aromatic carbocycles. The summed E-state index contributed by atoms with van der Waals surface area (Å²) < 4.78 is 6.13. The first-order chi connectivity index (χ1) is 8.15. The Bertz CT molecular complexity index is 563. The first-order valence-corrected chi connectivity index (χ1v) is 6.62. The second kappa shape index (κ2) is 5.42. The molecule has 0 aliphatic rings. The van der Waals surface area contributed by atoms with Gasteiger partial charge in [0, 0.05) is 15.4 Å². The predicted octanol–water partition coefficient (Wildman–Crippen LogP) is 3.40. The van der Waals surface area contributed by atoms with Crippen molar-refractivity contribution in [2.24, 2.45) is 0 Å². The Labute approximate surface area is 111 Å². The third kappa shape index (κ3) is 3.38. The van der Waals surface area contributed by atoms with Crippen molar-refractivity contribution < 1.29 is 9.52 Å². The highest BCUT2D eigenvalue weighted by Crippen LogP contribution is 2.24. The fourth-order valence-electron chi connectivity index (χ4n) is 1.20. The SMILES string of the molecule is O=c1cc(CSc2ccc(Br)cc2)occ1O. The number of aromatic hydroxyl groups is 1. The first kappa shape index (κ1) is 12.3. The van der Waals surface area contributed by atoms with Crippen molar-refractivity contribution in [1.29, 1.82) is 0 Å². The zero-order valence-electron chi connectivity index (χ0n) is 8.72. The van der Waals surface area contributed by atoms with Crippen molar-refractivity contribution in [3.05, 3.63) is 57.1 Å². The number of rotatable bonds is 3. The number of hydrogen-bond donors (Lipinski definition) is 1. The fourth-order valence-corrected chi connectivity index (χ4v) is 2.26. The second-order valence-electron chi connectivity index (χ2n) is 3.34. The molecule has 3 nitrogen and oxygen atoms in total. The number of thioether (sulfide) groups is 1. The van der Waals surface area contributed by atoms with Gasteiger partial charge in [0.15, 0.2) is 5.75 Å². The van der Waals surface area contributed by atoms with Crippen LogP contribution in [0.15, 0.2) is 55.2 Å². The second-order valence-corrected chi connectivity index (χ2v) is 5.30. The zero-order chi connectivity index (χ0) is 12.3. The first-order valence-electron chi connectivity index (χ1n) is 4.84. The van der Waals surface area contributed by atoms with Gasteiger partial charge in [-0.05, 0) is 24.3 Å². The van der Waals surface area contributed by atoms with E-state index in [1.807, 2.05) is 24.3 Å².